The van der Waals surface area contributed by atoms with Crippen LogP contribution in [0.25, 0.3) is 0 Å². The summed E-state index contributed by atoms with van der Waals surface area (Å²) in [6.45, 7) is 0.388. The van der Waals surface area contributed by atoms with Crippen LogP contribution in [0, 0.1) is 0 Å². The molecule has 1 amide bonds. The van der Waals surface area contributed by atoms with Crippen LogP contribution < -0.4 is 19.5 Å². The van der Waals surface area contributed by atoms with Crippen molar-refractivity contribution >= 4 is 11.9 Å². The second kappa shape index (κ2) is 9.47. The van der Waals surface area contributed by atoms with Crippen LogP contribution in [0.2, 0.25) is 0 Å². The number of rotatable bonds is 9. The monoisotopic (exact) mass is 373 g/mol. The summed E-state index contributed by atoms with van der Waals surface area (Å²) in [5.74, 6) is 0.485. The van der Waals surface area contributed by atoms with Crippen molar-refractivity contribution in [3.8, 4) is 17.2 Å². The standard InChI is InChI=1S/C20H23NO6/c1-25-16-5-4-6-17(26-2)15(16)12-19(22)21-10-9-13-7-8-14(20(23)24)11-18(13)27-3/h4-8,11H,9-10,12H2,1-3H3,(H,21,22)(H,23,24). The number of hydrogen-bond donors (Lipinski definition) is 2. The molecule has 0 unspecified atom stereocenters. The fraction of sp³-hybridized carbons (Fsp3) is 0.300. The molecule has 0 saturated heterocycles. The SMILES string of the molecule is COc1cc(C(=O)O)ccc1CCNC(=O)Cc1c(OC)cccc1OC. The molecule has 27 heavy (non-hydrogen) atoms. The van der Waals surface area contributed by atoms with Gasteiger partial charge in [-0.15, -0.1) is 0 Å². The third-order valence-corrected chi connectivity index (χ3v) is 4.12. The number of carbonyl (C=O) groups excluding carboxylic acids is 1. The molecule has 7 heteroatoms. The number of hydrogen-bond acceptors (Lipinski definition) is 5. The van der Waals surface area contributed by atoms with E-state index in [2.05, 4.69) is 5.32 Å². The quantitative estimate of drug-likeness (QED) is 0.701. The zero-order valence-corrected chi connectivity index (χ0v) is 15.6. The van der Waals surface area contributed by atoms with Crippen LogP contribution in [0.5, 0.6) is 17.2 Å². The van der Waals surface area contributed by atoms with E-state index in [4.69, 9.17) is 19.3 Å². The fourth-order valence-corrected chi connectivity index (χ4v) is 2.75. The van der Waals surface area contributed by atoms with E-state index in [1.54, 1.807) is 38.5 Å². The molecule has 0 aliphatic heterocycles. The Bertz CT molecular complexity index is 796. The lowest BCUT2D eigenvalue weighted by Gasteiger charge is -2.13. The summed E-state index contributed by atoms with van der Waals surface area (Å²) in [7, 11) is 4.57. The molecule has 2 rings (SSSR count). The van der Waals surface area contributed by atoms with Crippen molar-refractivity contribution in [1.82, 2.24) is 5.32 Å². The molecule has 2 aromatic rings. The van der Waals surface area contributed by atoms with Crippen LogP contribution in [-0.2, 0) is 17.6 Å². The number of benzene rings is 2. The highest BCUT2D eigenvalue weighted by molar-refractivity contribution is 5.88. The van der Waals surface area contributed by atoms with Crippen LogP contribution >= 0.6 is 0 Å². The number of carboxylic acid groups (broad SMARTS) is 1. The molecule has 0 heterocycles. The first-order chi connectivity index (χ1) is 13.0. The minimum Gasteiger partial charge on any atom is -0.496 e. The number of ether oxygens (including phenoxy) is 3. The molecule has 0 bridgehead atoms. The van der Waals surface area contributed by atoms with Crippen LogP contribution in [0.15, 0.2) is 36.4 Å². The second-order valence-electron chi connectivity index (χ2n) is 5.75. The lowest BCUT2D eigenvalue weighted by molar-refractivity contribution is -0.120. The minimum atomic E-state index is -1.01. The summed E-state index contributed by atoms with van der Waals surface area (Å²) in [6, 6.07) is 10.0. The molecule has 0 aromatic heterocycles. The number of carboxylic acids is 1. The van der Waals surface area contributed by atoms with E-state index < -0.39 is 5.97 Å². The van der Waals surface area contributed by atoms with Crippen LogP contribution in [0.4, 0.5) is 0 Å². The largest absolute Gasteiger partial charge is 0.496 e. The van der Waals surface area contributed by atoms with Gasteiger partial charge in [-0.1, -0.05) is 12.1 Å². The molecule has 0 spiro atoms. The number of aromatic carboxylic acids is 1. The molecule has 2 N–H and O–H groups in total. The van der Waals surface area contributed by atoms with Crippen LogP contribution in [0.3, 0.4) is 0 Å². The van der Waals surface area contributed by atoms with Gasteiger partial charge in [-0.3, -0.25) is 4.79 Å². The summed E-state index contributed by atoms with van der Waals surface area (Å²) >= 11 is 0. The number of methoxy groups -OCH3 is 3. The Morgan fingerprint density at radius 2 is 1.59 bits per heavy atom. The van der Waals surface area contributed by atoms with Gasteiger partial charge in [-0.2, -0.15) is 0 Å². The summed E-state index contributed by atoms with van der Waals surface area (Å²) in [6.07, 6.45) is 0.639. The third-order valence-electron chi connectivity index (χ3n) is 4.12. The number of amides is 1. The van der Waals surface area contributed by atoms with Crippen LogP contribution in [0.1, 0.15) is 21.5 Å². The van der Waals surface area contributed by atoms with Gasteiger partial charge < -0.3 is 24.6 Å². The van der Waals surface area contributed by atoms with Crippen molar-refractivity contribution in [2.75, 3.05) is 27.9 Å². The first kappa shape index (κ1) is 20.1. The van der Waals surface area contributed by atoms with Gasteiger partial charge in [0.15, 0.2) is 0 Å². The summed E-state index contributed by atoms with van der Waals surface area (Å²) in [4.78, 5) is 23.3. The van der Waals surface area contributed by atoms with Gasteiger partial charge in [-0.05, 0) is 36.2 Å². The molecule has 0 radical (unpaired) electrons. The van der Waals surface area contributed by atoms with Crippen LogP contribution in [-0.4, -0.2) is 44.9 Å². The summed E-state index contributed by atoms with van der Waals surface area (Å²) < 4.78 is 15.8. The van der Waals surface area contributed by atoms with E-state index in [1.165, 1.54) is 19.2 Å². The molecule has 0 aliphatic rings. The maximum Gasteiger partial charge on any atom is 0.335 e. The van der Waals surface area contributed by atoms with Crippen molar-refractivity contribution < 1.29 is 28.9 Å². The maximum atomic E-state index is 12.3. The Balaban J connectivity index is 1.98. The van der Waals surface area contributed by atoms with Gasteiger partial charge in [-0.25, -0.2) is 4.79 Å². The molecule has 0 aliphatic carbocycles. The second-order valence-corrected chi connectivity index (χ2v) is 5.75. The highest BCUT2D eigenvalue weighted by Crippen LogP contribution is 2.28. The molecule has 0 atom stereocenters. The normalized spacial score (nSPS) is 10.2. The van der Waals surface area contributed by atoms with E-state index in [0.717, 1.165) is 5.56 Å². The van der Waals surface area contributed by atoms with Gasteiger partial charge in [0.1, 0.15) is 17.2 Å². The molecule has 0 fully saturated rings. The highest BCUT2D eigenvalue weighted by Gasteiger charge is 2.14. The van der Waals surface area contributed by atoms with Gasteiger partial charge in [0.25, 0.3) is 0 Å². The average Bonchev–Trinajstić information content (AvgIpc) is 2.68. The van der Waals surface area contributed by atoms with Crippen molar-refractivity contribution in [3.05, 3.63) is 53.1 Å². The van der Waals surface area contributed by atoms with Crippen molar-refractivity contribution in [2.45, 2.75) is 12.8 Å². The zero-order valence-electron chi connectivity index (χ0n) is 15.6. The summed E-state index contributed by atoms with van der Waals surface area (Å²) in [5, 5.41) is 11.9. The molecule has 7 nitrogen and oxygen atoms in total. The van der Waals surface area contributed by atoms with Crippen molar-refractivity contribution in [1.29, 1.82) is 0 Å². The summed E-state index contributed by atoms with van der Waals surface area (Å²) in [5.41, 5.74) is 1.66. The maximum absolute atomic E-state index is 12.3. The lowest BCUT2D eigenvalue weighted by Crippen LogP contribution is -2.27. The smallest absolute Gasteiger partial charge is 0.335 e. The van der Waals surface area contributed by atoms with Crippen molar-refractivity contribution in [3.63, 3.8) is 0 Å². The van der Waals surface area contributed by atoms with E-state index in [1.807, 2.05) is 0 Å². The van der Waals surface area contributed by atoms with E-state index >= 15 is 0 Å². The van der Waals surface area contributed by atoms with E-state index in [-0.39, 0.29) is 17.9 Å². The van der Waals surface area contributed by atoms with E-state index in [9.17, 15) is 9.59 Å². The average molecular weight is 373 g/mol. The van der Waals surface area contributed by atoms with E-state index in [0.29, 0.717) is 35.8 Å². The Labute approximate surface area is 157 Å². The van der Waals surface area contributed by atoms with Gasteiger partial charge in [0, 0.05) is 12.1 Å². The van der Waals surface area contributed by atoms with Gasteiger partial charge in [0.2, 0.25) is 5.91 Å². The number of nitrogens with one attached hydrogen (secondary N) is 1. The van der Waals surface area contributed by atoms with Gasteiger partial charge >= 0.3 is 5.97 Å². The zero-order chi connectivity index (χ0) is 19.8. The first-order valence-corrected chi connectivity index (χ1v) is 8.37. The third kappa shape index (κ3) is 5.13. The highest BCUT2D eigenvalue weighted by atomic mass is 16.5. The van der Waals surface area contributed by atoms with Gasteiger partial charge in [0.05, 0.1) is 33.3 Å². The molecule has 144 valence electrons. The predicted molar refractivity (Wildman–Crippen MR) is 99.9 cm³/mol. The molecular formula is C20H23NO6. The minimum absolute atomic E-state index is 0.127. The molecule has 0 saturated carbocycles. The van der Waals surface area contributed by atoms with Crippen molar-refractivity contribution in [2.24, 2.45) is 0 Å². The Hall–Kier alpha value is -3.22. The Kier molecular flexibility index (Phi) is 7.05. The predicted octanol–water partition coefficient (Wildman–Crippen LogP) is 2.31. The topological polar surface area (TPSA) is 94.1 Å². The first-order valence-electron chi connectivity index (χ1n) is 8.37. The molecule has 2 aromatic carbocycles. The number of carbonyl (C=O) groups is 2. The Morgan fingerprint density at radius 3 is 2.15 bits per heavy atom. The Morgan fingerprint density at radius 1 is 0.963 bits per heavy atom. The fourth-order valence-electron chi connectivity index (χ4n) is 2.75. The molecular weight excluding hydrogens is 350 g/mol. The lowest BCUT2D eigenvalue weighted by atomic mass is 10.1.